The number of nitrogens with one attached hydrogen (secondary N) is 1. The molecular formula is C13H16N2OS. The van der Waals surface area contributed by atoms with Gasteiger partial charge in [-0.1, -0.05) is 24.4 Å². The second-order valence-corrected chi connectivity index (χ2v) is 5.40. The first-order valence-electron chi connectivity index (χ1n) is 5.95. The highest BCUT2D eigenvalue weighted by Gasteiger charge is 2.48. The summed E-state index contributed by atoms with van der Waals surface area (Å²) in [5.41, 5.74) is 7.72. The third-order valence-corrected chi connectivity index (χ3v) is 3.82. The van der Waals surface area contributed by atoms with Crippen molar-refractivity contribution >= 4 is 22.9 Å². The van der Waals surface area contributed by atoms with Crippen molar-refractivity contribution in [3.05, 3.63) is 29.8 Å². The van der Waals surface area contributed by atoms with E-state index < -0.39 is 0 Å². The molecule has 0 spiro atoms. The Kier molecular flexibility index (Phi) is 2.56. The van der Waals surface area contributed by atoms with Crippen LogP contribution in [0.15, 0.2) is 24.3 Å². The molecule has 1 aliphatic heterocycles. The SMILES string of the molecule is Nc1cccc(C2(C3CC3)COCC(=S)N2)c1. The molecule has 0 radical (unpaired) electrons. The summed E-state index contributed by atoms with van der Waals surface area (Å²) in [6.45, 7) is 1.22. The minimum absolute atomic E-state index is 0.148. The molecule has 1 saturated heterocycles. The molecule has 1 aromatic carbocycles. The maximum absolute atomic E-state index is 5.88. The average molecular weight is 248 g/mol. The Morgan fingerprint density at radius 2 is 2.24 bits per heavy atom. The van der Waals surface area contributed by atoms with Gasteiger partial charge in [-0.2, -0.15) is 0 Å². The lowest BCUT2D eigenvalue weighted by Gasteiger charge is -2.40. The van der Waals surface area contributed by atoms with Crippen LogP contribution in [0.5, 0.6) is 0 Å². The van der Waals surface area contributed by atoms with E-state index in [1.54, 1.807) is 0 Å². The van der Waals surface area contributed by atoms with Crippen molar-refractivity contribution in [2.45, 2.75) is 18.4 Å². The monoisotopic (exact) mass is 248 g/mol. The Morgan fingerprint density at radius 1 is 1.41 bits per heavy atom. The number of rotatable bonds is 2. The number of nitrogens with two attached hydrogens (primary N) is 1. The van der Waals surface area contributed by atoms with Gasteiger partial charge in [-0.15, -0.1) is 0 Å². The topological polar surface area (TPSA) is 47.3 Å². The number of anilines is 1. The van der Waals surface area contributed by atoms with Crippen molar-refractivity contribution in [1.82, 2.24) is 5.32 Å². The molecule has 2 aliphatic rings. The first-order valence-corrected chi connectivity index (χ1v) is 6.36. The maximum Gasteiger partial charge on any atom is 0.102 e. The minimum Gasteiger partial charge on any atom is -0.399 e. The molecule has 1 aliphatic carbocycles. The first kappa shape index (κ1) is 11.0. The van der Waals surface area contributed by atoms with Crippen molar-refractivity contribution < 1.29 is 4.74 Å². The van der Waals surface area contributed by atoms with Gasteiger partial charge in [-0.25, -0.2) is 0 Å². The number of benzene rings is 1. The average Bonchev–Trinajstić information content (AvgIpc) is 3.13. The van der Waals surface area contributed by atoms with E-state index in [2.05, 4.69) is 11.4 Å². The number of morpholine rings is 1. The van der Waals surface area contributed by atoms with E-state index in [4.69, 9.17) is 22.7 Å². The Morgan fingerprint density at radius 3 is 2.88 bits per heavy atom. The van der Waals surface area contributed by atoms with Crippen LogP contribution in [0.1, 0.15) is 18.4 Å². The standard InChI is InChI=1S/C13H16N2OS/c14-11-3-1-2-10(6-11)13(9-4-5-9)8-16-7-12(17)15-13/h1-3,6,9H,4-5,7-8,14H2,(H,15,17). The van der Waals surface area contributed by atoms with Crippen LogP contribution in [0.3, 0.4) is 0 Å². The highest BCUT2D eigenvalue weighted by Crippen LogP contribution is 2.47. The number of hydrogen-bond acceptors (Lipinski definition) is 3. The van der Waals surface area contributed by atoms with E-state index in [0.717, 1.165) is 10.7 Å². The Labute approximate surface area is 106 Å². The van der Waals surface area contributed by atoms with Gasteiger partial charge < -0.3 is 15.8 Å². The van der Waals surface area contributed by atoms with Gasteiger partial charge in [0.05, 0.1) is 18.8 Å². The lowest BCUT2D eigenvalue weighted by Crippen LogP contribution is -2.55. The third-order valence-electron chi connectivity index (χ3n) is 3.60. The van der Waals surface area contributed by atoms with E-state index in [1.165, 1.54) is 18.4 Å². The second kappa shape index (κ2) is 3.96. The molecule has 4 heteroatoms. The molecule has 1 aromatic rings. The maximum atomic E-state index is 5.88. The molecule has 1 saturated carbocycles. The van der Waals surface area contributed by atoms with Crippen LogP contribution in [0.4, 0.5) is 5.69 Å². The summed E-state index contributed by atoms with van der Waals surface area (Å²) in [6, 6.07) is 8.04. The molecule has 2 fully saturated rings. The van der Waals surface area contributed by atoms with Crippen LogP contribution < -0.4 is 11.1 Å². The van der Waals surface area contributed by atoms with E-state index in [-0.39, 0.29) is 5.54 Å². The zero-order valence-electron chi connectivity index (χ0n) is 9.61. The van der Waals surface area contributed by atoms with Crippen molar-refractivity contribution in [2.24, 2.45) is 5.92 Å². The summed E-state index contributed by atoms with van der Waals surface area (Å²) >= 11 is 5.27. The summed E-state index contributed by atoms with van der Waals surface area (Å²) in [6.07, 6.45) is 2.46. The summed E-state index contributed by atoms with van der Waals surface area (Å²) in [7, 11) is 0. The molecule has 3 rings (SSSR count). The molecule has 3 nitrogen and oxygen atoms in total. The van der Waals surface area contributed by atoms with E-state index in [1.807, 2.05) is 18.2 Å². The fourth-order valence-corrected chi connectivity index (χ4v) is 2.89. The van der Waals surface area contributed by atoms with Crippen molar-refractivity contribution in [1.29, 1.82) is 0 Å². The zero-order chi connectivity index (χ0) is 11.9. The van der Waals surface area contributed by atoms with Crippen LogP contribution in [0.2, 0.25) is 0 Å². The van der Waals surface area contributed by atoms with Crippen LogP contribution in [0.25, 0.3) is 0 Å². The molecule has 1 heterocycles. The Hall–Kier alpha value is -1.13. The van der Waals surface area contributed by atoms with Crippen molar-refractivity contribution in [3.8, 4) is 0 Å². The summed E-state index contributed by atoms with van der Waals surface area (Å²) < 4.78 is 5.65. The fraction of sp³-hybridized carbons (Fsp3) is 0.462. The van der Waals surface area contributed by atoms with Gasteiger partial charge in [-0.3, -0.25) is 0 Å². The van der Waals surface area contributed by atoms with Crippen LogP contribution in [-0.4, -0.2) is 18.2 Å². The summed E-state index contributed by atoms with van der Waals surface area (Å²) in [4.78, 5) is 0.797. The number of nitrogen functional groups attached to an aromatic ring is 1. The molecule has 1 unspecified atom stereocenters. The van der Waals surface area contributed by atoms with Gasteiger partial charge in [0.1, 0.15) is 4.99 Å². The highest BCUT2D eigenvalue weighted by molar-refractivity contribution is 7.80. The molecule has 90 valence electrons. The first-order chi connectivity index (χ1) is 8.21. The van der Waals surface area contributed by atoms with Crippen LogP contribution >= 0.6 is 12.2 Å². The molecule has 1 atom stereocenters. The van der Waals surface area contributed by atoms with Gasteiger partial charge >= 0.3 is 0 Å². The fourth-order valence-electron chi connectivity index (χ4n) is 2.63. The Balaban J connectivity index is 2.01. The number of hydrogen-bond donors (Lipinski definition) is 2. The molecular weight excluding hydrogens is 232 g/mol. The zero-order valence-corrected chi connectivity index (χ0v) is 10.4. The van der Waals surface area contributed by atoms with E-state index in [0.29, 0.717) is 19.1 Å². The van der Waals surface area contributed by atoms with Gasteiger partial charge in [-0.05, 0) is 36.5 Å². The lowest BCUT2D eigenvalue weighted by molar-refractivity contribution is 0.0660. The van der Waals surface area contributed by atoms with Crippen molar-refractivity contribution in [3.63, 3.8) is 0 Å². The van der Waals surface area contributed by atoms with Gasteiger partial charge in [0.15, 0.2) is 0 Å². The summed E-state index contributed by atoms with van der Waals surface area (Å²) in [5, 5.41) is 3.49. The second-order valence-electron chi connectivity index (χ2n) is 4.91. The molecule has 0 aromatic heterocycles. The predicted octanol–water partition coefficient (Wildman–Crippen LogP) is 1.82. The largest absolute Gasteiger partial charge is 0.399 e. The van der Waals surface area contributed by atoms with E-state index in [9.17, 15) is 0 Å². The number of ether oxygens (including phenoxy) is 1. The third kappa shape index (κ3) is 1.91. The molecule has 0 bridgehead atoms. The normalized spacial score (nSPS) is 28.8. The quantitative estimate of drug-likeness (QED) is 0.619. The molecule has 0 amide bonds. The smallest absolute Gasteiger partial charge is 0.102 e. The summed E-state index contributed by atoms with van der Waals surface area (Å²) in [5.74, 6) is 0.613. The Bertz CT molecular complexity index is 458. The van der Waals surface area contributed by atoms with Crippen LogP contribution in [-0.2, 0) is 10.3 Å². The van der Waals surface area contributed by atoms with E-state index >= 15 is 0 Å². The van der Waals surface area contributed by atoms with Crippen molar-refractivity contribution in [2.75, 3.05) is 18.9 Å². The number of thiocarbonyl (C=S) groups is 1. The minimum atomic E-state index is -0.148. The molecule has 3 N–H and O–H groups in total. The lowest BCUT2D eigenvalue weighted by atomic mass is 9.84. The molecule has 17 heavy (non-hydrogen) atoms. The van der Waals surface area contributed by atoms with Gasteiger partial charge in [0.25, 0.3) is 0 Å². The van der Waals surface area contributed by atoms with Crippen LogP contribution in [0, 0.1) is 5.92 Å². The van der Waals surface area contributed by atoms with Gasteiger partial charge in [0, 0.05) is 5.69 Å². The van der Waals surface area contributed by atoms with Gasteiger partial charge in [0.2, 0.25) is 0 Å². The predicted molar refractivity (Wildman–Crippen MR) is 71.8 cm³/mol. The highest BCUT2D eigenvalue weighted by atomic mass is 32.1.